The largest absolute Gasteiger partial charge is 0.341 e. The summed E-state index contributed by atoms with van der Waals surface area (Å²) in [7, 11) is 0. The molecule has 4 N–H and O–H groups in total. The predicted octanol–water partition coefficient (Wildman–Crippen LogP) is 0.310. The van der Waals surface area contributed by atoms with Gasteiger partial charge in [-0.2, -0.15) is 0 Å². The molecular weight excluding hydrogens is 190 g/mol. The number of hydrogen-bond acceptors (Lipinski definition) is 3. The van der Waals surface area contributed by atoms with Crippen LogP contribution in [0.15, 0.2) is 0 Å². The average molecular weight is 213 g/mol. The van der Waals surface area contributed by atoms with Crippen LogP contribution >= 0.6 is 0 Å². The van der Waals surface area contributed by atoms with Crippen LogP contribution in [-0.4, -0.2) is 36.0 Å². The van der Waals surface area contributed by atoms with E-state index in [0.717, 1.165) is 13.0 Å². The van der Waals surface area contributed by atoms with Crippen molar-refractivity contribution in [1.29, 1.82) is 0 Å². The molecule has 1 rings (SSSR count). The lowest BCUT2D eigenvalue weighted by Crippen LogP contribution is -2.56. The molecule has 2 unspecified atom stereocenters. The van der Waals surface area contributed by atoms with E-state index in [1.54, 1.807) is 0 Å². The molecule has 1 heterocycles. The van der Waals surface area contributed by atoms with Crippen molar-refractivity contribution in [3.8, 4) is 0 Å². The summed E-state index contributed by atoms with van der Waals surface area (Å²) in [6.07, 6.45) is 1.39. The molecule has 15 heavy (non-hydrogen) atoms. The van der Waals surface area contributed by atoms with Crippen molar-refractivity contribution in [1.82, 2.24) is 4.90 Å². The van der Waals surface area contributed by atoms with Crippen molar-refractivity contribution in [2.45, 2.75) is 45.7 Å². The Morgan fingerprint density at radius 2 is 1.93 bits per heavy atom. The maximum Gasteiger partial charge on any atom is 0.223 e. The highest BCUT2D eigenvalue weighted by molar-refractivity contribution is 5.77. The number of carbonyl (C=O) groups is 1. The minimum Gasteiger partial charge on any atom is -0.341 e. The Labute approximate surface area is 92.0 Å². The third-order valence-electron chi connectivity index (χ3n) is 2.75. The van der Waals surface area contributed by atoms with Crippen LogP contribution in [0, 0.1) is 5.41 Å². The first kappa shape index (κ1) is 12.5. The van der Waals surface area contributed by atoms with Crippen LogP contribution < -0.4 is 11.5 Å². The van der Waals surface area contributed by atoms with Crippen LogP contribution in [0.3, 0.4) is 0 Å². The smallest absolute Gasteiger partial charge is 0.223 e. The highest BCUT2D eigenvalue weighted by atomic mass is 16.2. The van der Waals surface area contributed by atoms with Gasteiger partial charge in [0.2, 0.25) is 5.91 Å². The average Bonchev–Trinajstić information content (AvgIpc) is 2.06. The first-order chi connectivity index (χ1) is 6.79. The molecule has 1 aliphatic heterocycles. The fourth-order valence-corrected chi connectivity index (χ4v) is 1.79. The first-order valence-electron chi connectivity index (χ1n) is 5.58. The van der Waals surface area contributed by atoms with Gasteiger partial charge in [-0.1, -0.05) is 20.8 Å². The third-order valence-corrected chi connectivity index (χ3v) is 2.75. The number of rotatable bonds is 1. The van der Waals surface area contributed by atoms with Crippen molar-refractivity contribution < 1.29 is 4.79 Å². The summed E-state index contributed by atoms with van der Waals surface area (Å²) in [6, 6.07) is -0.0219. The third kappa shape index (κ3) is 3.80. The molecule has 88 valence electrons. The van der Waals surface area contributed by atoms with Crippen LogP contribution in [0.1, 0.15) is 33.6 Å². The molecule has 0 aromatic rings. The standard InChI is InChI=1S/C11H23N3O/c1-11(2,3)6-10(15)14-5-4-8(12)9(13)7-14/h8-9H,4-7,12-13H2,1-3H3. The number of hydrogen-bond donors (Lipinski definition) is 2. The van der Waals surface area contributed by atoms with E-state index in [2.05, 4.69) is 20.8 Å². The van der Waals surface area contributed by atoms with Gasteiger partial charge < -0.3 is 16.4 Å². The Morgan fingerprint density at radius 1 is 1.33 bits per heavy atom. The highest BCUT2D eigenvalue weighted by Gasteiger charge is 2.28. The van der Waals surface area contributed by atoms with Crippen molar-refractivity contribution in [3.63, 3.8) is 0 Å². The van der Waals surface area contributed by atoms with Gasteiger partial charge in [-0.15, -0.1) is 0 Å². The summed E-state index contributed by atoms with van der Waals surface area (Å²) in [5.74, 6) is 0.199. The van der Waals surface area contributed by atoms with Crippen LogP contribution in [0.4, 0.5) is 0 Å². The number of piperidine rings is 1. The van der Waals surface area contributed by atoms with E-state index in [-0.39, 0.29) is 23.4 Å². The van der Waals surface area contributed by atoms with E-state index in [4.69, 9.17) is 11.5 Å². The lowest BCUT2D eigenvalue weighted by Gasteiger charge is -2.36. The maximum atomic E-state index is 11.9. The van der Waals surface area contributed by atoms with E-state index in [1.807, 2.05) is 4.90 Å². The SMILES string of the molecule is CC(C)(C)CC(=O)N1CCC(N)C(N)C1. The van der Waals surface area contributed by atoms with Crippen molar-refractivity contribution in [2.24, 2.45) is 16.9 Å². The molecule has 2 atom stereocenters. The molecule has 1 aliphatic rings. The van der Waals surface area contributed by atoms with Gasteiger partial charge in [0, 0.05) is 31.6 Å². The Hall–Kier alpha value is -0.610. The van der Waals surface area contributed by atoms with Crippen LogP contribution in [0.5, 0.6) is 0 Å². The van der Waals surface area contributed by atoms with Gasteiger partial charge in [-0.3, -0.25) is 4.79 Å². The van der Waals surface area contributed by atoms with Gasteiger partial charge in [0.25, 0.3) is 0 Å². The quantitative estimate of drug-likeness (QED) is 0.658. The molecule has 0 spiro atoms. The second-order valence-corrected chi connectivity index (χ2v) is 5.69. The van der Waals surface area contributed by atoms with Crippen LogP contribution in [0.2, 0.25) is 0 Å². The molecule has 0 aromatic heterocycles. The monoisotopic (exact) mass is 213 g/mol. The minimum absolute atomic E-state index is 0.0424. The molecule has 1 saturated heterocycles. The van der Waals surface area contributed by atoms with Gasteiger partial charge in [-0.05, 0) is 11.8 Å². The second kappa shape index (κ2) is 4.49. The molecule has 0 radical (unpaired) electrons. The number of carbonyl (C=O) groups excluding carboxylic acids is 1. The normalized spacial score (nSPS) is 27.9. The lowest BCUT2D eigenvalue weighted by atomic mass is 9.90. The molecule has 1 fully saturated rings. The Bertz CT molecular complexity index is 234. The zero-order chi connectivity index (χ0) is 11.6. The van der Waals surface area contributed by atoms with E-state index >= 15 is 0 Å². The first-order valence-corrected chi connectivity index (χ1v) is 5.58. The molecule has 1 amide bonds. The topological polar surface area (TPSA) is 72.3 Å². The molecule has 4 nitrogen and oxygen atoms in total. The van der Waals surface area contributed by atoms with E-state index in [0.29, 0.717) is 13.0 Å². The van der Waals surface area contributed by atoms with E-state index < -0.39 is 0 Å². The maximum absolute atomic E-state index is 11.9. The van der Waals surface area contributed by atoms with E-state index in [1.165, 1.54) is 0 Å². The second-order valence-electron chi connectivity index (χ2n) is 5.69. The van der Waals surface area contributed by atoms with E-state index in [9.17, 15) is 4.79 Å². The van der Waals surface area contributed by atoms with Crippen molar-refractivity contribution in [2.75, 3.05) is 13.1 Å². The Morgan fingerprint density at radius 3 is 2.40 bits per heavy atom. The summed E-state index contributed by atoms with van der Waals surface area (Å²) in [6.45, 7) is 7.57. The number of likely N-dealkylation sites (tertiary alicyclic amines) is 1. The zero-order valence-corrected chi connectivity index (χ0v) is 9.99. The molecule has 0 bridgehead atoms. The molecular formula is C11H23N3O. The Kier molecular flexibility index (Phi) is 3.73. The van der Waals surface area contributed by atoms with Gasteiger partial charge in [0.15, 0.2) is 0 Å². The fourth-order valence-electron chi connectivity index (χ4n) is 1.79. The lowest BCUT2D eigenvalue weighted by molar-refractivity contribution is -0.134. The number of amides is 1. The summed E-state index contributed by atoms with van der Waals surface area (Å²) in [5, 5.41) is 0. The van der Waals surface area contributed by atoms with Crippen molar-refractivity contribution in [3.05, 3.63) is 0 Å². The molecule has 0 aromatic carbocycles. The highest BCUT2D eigenvalue weighted by Crippen LogP contribution is 2.21. The summed E-state index contributed by atoms with van der Waals surface area (Å²) in [4.78, 5) is 13.7. The van der Waals surface area contributed by atoms with Crippen LogP contribution in [0.25, 0.3) is 0 Å². The Balaban J connectivity index is 2.48. The summed E-state index contributed by atoms with van der Waals surface area (Å²) >= 11 is 0. The van der Waals surface area contributed by atoms with Gasteiger partial charge >= 0.3 is 0 Å². The predicted molar refractivity (Wildman–Crippen MR) is 61.2 cm³/mol. The minimum atomic E-state index is -0.0670. The molecule has 0 saturated carbocycles. The summed E-state index contributed by atoms with van der Waals surface area (Å²) in [5.41, 5.74) is 11.7. The van der Waals surface area contributed by atoms with Gasteiger partial charge in [-0.25, -0.2) is 0 Å². The van der Waals surface area contributed by atoms with Gasteiger partial charge in [0.05, 0.1) is 0 Å². The fraction of sp³-hybridized carbons (Fsp3) is 0.909. The van der Waals surface area contributed by atoms with Crippen molar-refractivity contribution >= 4 is 5.91 Å². The van der Waals surface area contributed by atoms with Crippen LogP contribution in [-0.2, 0) is 4.79 Å². The molecule has 4 heteroatoms. The number of nitrogens with two attached hydrogens (primary N) is 2. The zero-order valence-electron chi connectivity index (χ0n) is 9.99. The summed E-state index contributed by atoms with van der Waals surface area (Å²) < 4.78 is 0. The number of nitrogens with zero attached hydrogens (tertiary/aromatic N) is 1. The van der Waals surface area contributed by atoms with Gasteiger partial charge in [0.1, 0.15) is 0 Å². The molecule has 0 aliphatic carbocycles.